The predicted octanol–water partition coefficient (Wildman–Crippen LogP) is 11.6. The average Bonchev–Trinajstić information content (AvgIpc) is 3.15. The van der Waals surface area contributed by atoms with E-state index in [1.54, 1.807) is 0 Å². The van der Waals surface area contributed by atoms with Crippen LogP contribution < -0.4 is 21.3 Å². The number of nitrogens with one attached hydrogen (secondary N) is 4. The minimum absolute atomic E-state index is 0.0266. The Hall–Kier alpha value is -1.70. The van der Waals surface area contributed by atoms with Gasteiger partial charge in [0.25, 0.3) is 0 Å². The quantitative estimate of drug-likeness (QED) is 0.0314. The van der Waals surface area contributed by atoms with Crippen LogP contribution in [0.25, 0.3) is 0 Å². The van der Waals surface area contributed by atoms with Crippen LogP contribution >= 0.6 is 0 Å². The van der Waals surface area contributed by atoms with Gasteiger partial charge in [-0.25, -0.2) is 0 Å². The molecule has 1 amide bonds. The summed E-state index contributed by atoms with van der Waals surface area (Å²) in [4.78, 5) is 24.0. The molecule has 7 nitrogen and oxygen atoms in total. The molecule has 0 aromatic heterocycles. The Morgan fingerprint density at radius 2 is 0.774 bits per heavy atom. The Bertz CT molecular complexity index is 819. The number of rotatable bonds is 44. The first-order chi connectivity index (χ1) is 26.1. The van der Waals surface area contributed by atoms with E-state index in [-0.39, 0.29) is 12.3 Å². The maximum Gasteiger partial charge on any atom is 0.321 e. The van der Waals surface area contributed by atoms with E-state index in [0.29, 0.717) is 13.1 Å². The summed E-state index contributed by atoms with van der Waals surface area (Å²) < 4.78 is 0. The second-order valence-corrected chi connectivity index (χ2v) is 15.5. The number of aliphatic carboxylic acids is 1. The number of allylic oxidation sites excluding steroid dienone is 4. The molecule has 0 aromatic carbocycles. The highest BCUT2D eigenvalue weighted by atomic mass is 16.4. The van der Waals surface area contributed by atoms with E-state index >= 15 is 0 Å². The molecule has 5 N–H and O–H groups in total. The molecule has 0 aliphatic carbocycles. The summed E-state index contributed by atoms with van der Waals surface area (Å²) in [5.74, 6) is -1.16. The molecule has 0 radical (unpaired) electrons. The van der Waals surface area contributed by atoms with Gasteiger partial charge in [0, 0.05) is 6.54 Å². The van der Waals surface area contributed by atoms with Gasteiger partial charge in [-0.15, -0.1) is 0 Å². The van der Waals surface area contributed by atoms with E-state index in [0.717, 1.165) is 39.0 Å². The van der Waals surface area contributed by atoms with Crippen molar-refractivity contribution < 1.29 is 14.7 Å². The molecule has 1 atom stereocenters. The molecule has 0 aliphatic rings. The van der Waals surface area contributed by atoms with Gasteiger partial charge in [0.05, 0.1) is 6.42 Å². The average molecular weight is 747 g/mol. The first kappa shape index (κ1) is 51.3. The minimum atomic E-state index is -0.963. The van der Waals surface area contributed by atoms with Crippen LogP contribution in [0.1, 0.15) is 213 Å². The van der Waals surface area contributed by atoms with Crippen molar-refractivity contribution in [2.24, 2.45) is 0 Å². The van der Waals surface area contributed by atoms with Crippen LogP contribution in [0.5, 0.6) is 0 Å². The Morgan fingerprint density at radius 3 is 1.17 bits per heavy atom. The van der Waals surface area contributed by atoms with Crippen molar-refractivity contribution in [3.63, 3.8) is 0 Å². The van der Waals surface area contributed by atoms with Crippen molar-refractivity contribution in [1.29, 1.82) is 0 Å². The summed E-state index contributed by atoms with van der Waals surface area (Å²) in [5, 5.41) is 22.4. The van der Waals surface area contributed by atoms with Crippen molar-refractivity contribution in [2.45, 2.75) is 219 Å². The Balaban J connectivity index is 3.49. The Morgan fingerprint density at radius 1 is 0.434 bits per heavy atom. The highest BCUT2D eigenvalue weighted by Gasteiger charge is 2.20. The smallest absolute Gasteiger partial charge is 0.321 e. The second-order valence-electron chi connectivity index (χ2n) is 15.5. The highest BCUT2D eigenvalue weighted by molar-refractivity contribution is 5.84. The van der Waals surface area contributed by atoms with Gasteiger partial charge < -0.3 is 26.4 Å². The third kappa shape index (κ3) is 42.9. The SMILES string of the molecule is CCCCCCCCC=CCCCCCCCCNCCCNC(=O)C[C@H](NCCCNCCCCCCCCC=CCCCCCCCC)C(=O)O. The Labute approximate surface area is 329 Å². The number of carbonyl (C=O) groups is 2. The van der Waals surface area contributed by atoms with Crippen molar-refractivity contribution >= 4 is 11.9 Å². The summed E-state index contributed by atoms with van der Waals surface area (Å²) in [7, 11) is 0. The van der Waals surface area contributed by atoms with Crippen LogP contribution in [0, 0.1) is 0 Å². The molecule has 0 spiro atoms. The lowest BCUT2D eigenvalue weighted by atomic mass is 10.1. The molecule has 0 aliphatic heterocycles. The predicted molar refractivity (Wildman–Crippen MR) is 231 cm³/mol. The molecule has 53 heavy (non-hydrogen) atoms. The van der Waals surface area contributed by atoms with Crippen LogP contribution in [0.15, 0.2) is 24.3 Å². The number of unbranched alkanes of at least 4 members (excludes halogenated alkanes) is 24. The molecule has 312 valence electrons. The van der Waals surface area contributed by atoms with E-state index in [1.165, 1.54) is 180 Å². The first-order valence-corrected chi connectivity index (χ1v) is 23.1. The molecule has 0 unspecified atom stereocenters. The molecule has 0 aromatic rings. The van der Waals surface area contributed by atoms with Crippen LogP contribution in [-0.2, 0) is 9.59 Å². The van der Waals surface area contributed by atoms with Gasteiger partial charge in [-0.3, -0.25) is 9.59 Å². The summed E-state index contributed by atoms with van der Waals surface area (Å²) in [6, 6.07) is -0.838. The third-order valence-corrected chi connectivity index (χ3v) is 10.2. The maximum atomic E-state index is 12.3. The molecule has 0 saturated heterocycles. The standard InChI is InChI=1S/C46H90N4O3/c1-3-5-7-9-11-13-15-17-19-21-23-25-27-29-31-33-37-47-39-35-41-49-44(46(52)53)43-45(51)50-42-36-40-48-38-34-32-30-28-26-24-22-20-18-16-14-12-10-8-6-4-2/h17-20,44,47-49H,3-16,21-43H2,1-2H3,(H,50,51)(H,52,53)/t44-/m0/s1. The van der Waals surface area contributed by atoms with Gasteiger partial charge in [0.2, 0.25) is 5.91 Å². The largest absolute Gasteiger partial charge is 0.480 e. The zero-order chi connectivity index (χ0) is 38.6. The summed E-state index contributed by atoms with van der Waals surface area (Å²) in [5.41, 5.74) is 0. The number of carboxylic acids is 1. The second kappa shape index (κ2) is 44.7. The van der Waals surface area contributed by atoms with Gasteiger partial charge in [0.15, 0.2) is 0 Å². The van der Waals surface area contributed by atoms with Crippen molar-refractivity contribution in [3.8, 4) is 0 Å². The van der Waals surface area contributed by atoms with Crippen LogP contribution in [0.4, 0.5) is 0 Å². The fourth-order valence-electron chi connectivity index (χ4n) is 6.68. The number of hydrogen-bond donors (Lipinski definition) is 5. The number of carbonyl (C=O) groups excluding carboxylic acids is 1. The van der Waals surface area contributed by atoms with Gasteiger partial charge in [-0.1, -0.05) is 154 Å². The van der Waals surface area contributed by atoms with Crippen molar-refractivity contribution in [2.75, 3.05) is 39.3 Å². The first-order valence-electron chi connectivity index (χ1n) is 23.1. The topological polar surface area (TPSA) is 102 Å². The van der Waals surface area contributed by atoms with Crippen LogP contribution in [0.2, 0.25) is 0 Å². The molecule has 0 fully saturated rings. The summed E-state index contributed by atoms with van der Waals surface area (Å²) in [6.45, 7) is 9.48. The van der Waals surface area contributed by atoms with Gasteiger partial charge in [-0.2, -0.15) is 0 Å². The van der Waals surface area contributed by atoms with Crippen molar-refractivity contribution in [3.05, 3.63) is 24.3 Å². The van der Waals surface area contributed by atoms with E-state index in [9.17, 15) is 14.7 Å². The summed E-state index contributed by atoms with van der Waals surface area (Å²) >= 11 is 0. The summed E-state index contributed by atoms with van der Waals surface area (Å²) in [6.07, 6.45) is 48.3. The lowest BCUT2D eigenvalue weighted by Crippen LogP contribution is -2.42. The number of amides is 1. The lowest BCUT2D eigenvalue weighted by Gasteiger charge is -2.14. The molecular formula is C46H90N4O3. The number of hydrogen-bond acceptors (Lipinski definition) is 5. The maximum absolute atomic E-state index is 12.3. The fourth-order valence-corrected chi connectivity index (χ4v) is 6.68. The molecule has 0 heterocycles. The van der Waals surface area contributed by atoms with E-state index in [2.05, 4.69) is 59.4 Å². The molecule has 0 bridgehead atoms. The minimum Gasteiger partial charge on any atom is -0.480 e. The van der Waals surface area contributed by atoms with E-state index in [4.69, 9.17) is 0 Å². The van der Waals surface area contributed by atoms with Gasteiger partial charge in [-0.05, 0) is 110 Å². The molecule has 7 heteroatoms. The Kier molecular flexibility index (Phi) is 43.3. The number of carboxylic acid groups (broad SMARTS) is 1. The lowest BCUT2D eigenvalue weighted by molar-refractivity contribution is -0.141. The molecule has 0 rings (SSSR count). The van der Waals surface area contributed by atoms with E-state index < -0.39 is 12.0 Å². The zero-order valence-electron chi connectivity index (χ0n) is 35.3. The van der Waals surface area contributed by atoms with E-state index in [1.807, 2.05) is 0 Å². The molecular weight excluding hydrogens is 657 g/mol. The molecule has 0 saturated carbocycles. The van der Waals surface area contributed by atoms with Crippen LogP contribution in [-0.4, -0.2) is 62.3 Å². The third-order valence-electron chi connectivity index (χ3n) is 10.2. The fraction of sp³-hybridized carbons (Fsp3) is 0.870. The van der Waals surface area contributed by atoms with Crippen LogP contribution in [0.3, 0.4) is 0 Å². The zero-order valence-corrected chi connectivity index (χ0v) is 35.3. The van der Waals surface area contributed by atoms with Crippen molar-refractivity contribution in [1.82, 2.24) is 21.3 Å². The van der Waals surface area contributed by atoms with Gasteiger partial charge in [0.1, 0.15) is 6.04 Å². The normalized spacial score (nSPS) is 12.3. The monoisotopic (exact) mass is 747 g/mol. The van der Waals surface area contributed by atoms with Gasteiger partial charge >= 0.3 is 5.97 Å². The highest BCUT2D eigenvalue weighted by Crippen LogP contribution is 2.11.